The van der Waals surface area contributed by atoms with Gasteiger partial charge in [0.2, 0.25) is 10.0 Å². The lowest BCUT2D eigenvalue weighted by Crippen LogP contribution is -2.48. The zero-order chi connectivity index (χ0) is 19.6. The Balaban J connectivity index is 2.59. The molecule has 1 saturated heterocycles. The molecule has 1 aromatic rings. The summed E-state index contributed by atoms with van der Waals surface area (Å²) in [5.41, 5.74) is 3.17. The summed E-state index contributed by atoms with van der Waals surface area (Å²) in [4.78, 5) is 2.87. The van der Waals surface area contributed by atoms with Crippen molar-refractivity contribution in [2.75, 3.05) is 32.7 Å². The van der Waals surface area contributed by atoms with Gasteiger partial charge in [0.1, 0.15) is 0 Å². The lowest BCUT2D eigenvalue weighted by molar-refractivity contribution is 0.196. The molecule has 0 spiro atoms. The number of sulfonamides is 1. The Labute approximate surface area is 160 Å². The van der Waals surface area contributed by atoms with Crippen LogP contribution < -0.4 is 0 Å². The number of rotatable bonds is 6. The summed E-state index contributed by atoms with van der Waals surface area (Å²) in [6, 6.07) is 4.24. The zero-order valence-corrected chi connectivity index (χ0v) is 18.4. The highest BCUT2D eigenvalue weighted by atomic mass is 32.2. The van der Waals surface area contributed by atoms with Gasteiger partial charge in [0.25, 0.3) is 0 Å². The monoisotopic (exact) mass is 380 g/mol. The molecule has 4 nitrogen and oxygen atoms in total. The van der Waals surface area contributed by atoms with E-state index in [2.05, 4.69) is 65.5 Å². The largest absolute Gasteiger partial charge is 0.301 e. The van der Waals surface area contributed by atoms with Crippen LogP contribution in [0.1, 0.15) is 82.9 Å². The number of piperazine rings is 1. The Bertz CT molecular complexity index is 687. The highest BCUT2D eigenvalue weighted by Gasteiger charge is 2.33. The molecule has 1 aliphatic heterocycles. The van der Waals surface area contributed by atoms with Crippen LogP contribution in [0.2, 0.25) is 0 Å². The van der Waals surface area contributed by atoms with E-state index < -0.39 is 10.0 Å². The van der Waals surface area contributed by atoms with Crippen LogP contribution in [0.25, 0.3) is 0 Å². The lowest BCUT2D eigenvalue weighted by atomic mass is 9.89. The first-order valence-corrected chi connectivity index (χ1v) is 11.4. The predicted molar refractivity (Wildman–Crippen MR) is 110 cm³/mol. The Kier molecular flexibility index (Phi) is 6.92. The van der Waals surface area contributed by atoms with Gasteiger partial charge in [-0.1, -0.05) is 60.6 Å². The molecule has 0 amide bonds. The summed E-state index contributed by atoms with van der Waals surface area (Å²) in [5, 5.41) is 0. The molecule has 0 aliphatic carbocycles. The van der Waals surface area contributed by atoms with Gasteiger partial charge in [0.05, 0.1) is 4.90 Å². The average molecular weight is 381 g/mol. The topological polar surface area (TPSA) is 40.6 Å². The minimum Gasteiger partial charge on any atom is -0.301 e. The van der Waals surface area contributed by atoms with Gasteiger partial charge < -0.3 is 4.90 Å². The van der Waals surface area contributed by atoms with E-state index in [4.69, 9.17) is 0 Å². The Morgan fingerprint density at radius 2 is 1.31 bits per heavy atom. The van der Waals surface area contributed by atoms with Crippen LogP contribution >= 0.6 is 0 Å². The fraction of sp³-hybridized carbons (Fsp3) is 0.714. The first-order valence-electron chi connectivity index (χ1n) is 9.99. The average Bonchev–Trinajstić information content (AvgIpc) is 2.60. The molecule has 1 aliphatic rings. The van der Waals surface area contributed by atoms with Crippen molar-refractivity contribution in [1.29, 1.82) is 0 Å². The summed E-state index contributed by atoms with van der Waals surface area (Å²) in [6.07, 6.45) is 0. The molecule has 0 unspecified atom stereocenters. The molecule has 1 heterocycles. The van der Waals surface area contributed by atoms with E-state index in [0.717, 1.165) is 30.8 Å². The molecule has 26 heavy (non-hydrogen) atoms. The second-order valence-corrected chi connectivity index (χ2v) is 10.2. The van der Waals surface area contributed by atoms with E-state index in [1.807, 2.05) is 0 Å². The molecule has 5 heteroatoms. The Morgan fingerprint density at radius 3 is 1.65 bits per heavy atom. The third kappa shape index (κ3) is 4.32. The van der Waals surface area contributed by atoms with Crippen molar-refractivity contribution in [2.45, 2.75) is 71.1 Å². The number of hydrogen-bond donors (Lipinski definition) is 0. The second-order valence-electron chi connectivity index (χ2n) is 8.33. The SMILES string of the molecule is CCN1CCN(S(=O)(=O)c2c(C(C)C)cc(C(C)C)cc2C(C)C)CC1. The highest BCUT2D eigenvalue weighted by Crippen LogP contribution is 2.36. The van der Waals surface area contributed by atoms with Crippen molar-refractivity contribution in [1.82, 2.24) is 9.21 Å². The van der Waals surface area contributed by atoms with Gasteiger partial charge in [-0.3, -0.25) is 0 Å². The van der Waals surface area contributed by atoms with E-state index in [9.17, 15) is 8.42 Å². The quantitative estimate of drug-likeness (QED) is 0.735. The van der Waals surface area contributed by atoms with E-state index in [0.29, 0.717) is 23.9 Å². The number of benzene rings is 1. The Hall–Kier alpha value is -0.910. The molecule has 0 saturated carbocycles. The molecular weight excluding hydrogens is 344 g/mol. The molecule has 0 bridgehead atoms. The summed E-state index contributed by atoms with van der Waals surface area (Å²) >= 11 is 0. The van der Waals surface area contributed by atoms with Crippen molar-refractivity contribution in [3.05, 3.63) is 28.8 Å². The van der Waals surface area contributed by atoms with Crippen LogP contribution in [-0.4, -0.2) is 50.3 Å². The molecule has 1 fully saturated rings. The second kappa shape index (κ2) is 8.41. The zero-order valence-electron chi connectivity index (χ0n) is 17.5. The van der Waals surface area contributed by atoms with Crippen LogP contribution in [0.5, 0.6) is 0 Å². The van der Waals surface area contributed by atoms with Crippen LogP contribution in [-0.2, 0) is 10.0 Å². The number of likely N-dealkylation sites (N-methyl/N-ethyl adjacent to an activating group) is 1. The first kappa shape index (κ1) is 21.4. The van der Waals surface area contributed by atoms with Crippen LogP contribution in [0.3, 0.4) is 0 Å². The molecule has 148 valence electrons. The third-order valence-corrected chi connectivity index (χ3v) is 7.49. The third-order valence-electron chi connectivity index (χ3n) is 5.46. The van der Waals surface area contributed by atoms with Crippen LogP contribution in [0.4, 0.5) is 0 Å². The number of nitrogens with zero attached hydrogens (tertiary/aromatic N) is 2. The van der Waals surface area contributed by atoms with Gasteiger partial charge in [-0.05, 0) is 41.0 Å². The van der Waals surface area contributed by atoms with E-state index in [-0.39, 0.29) is 11.8 Å². The maximum Gasteiger partial charge on any atom is 0.243 e. The predicted octanol–water partition coefficient (Wildman–Crippen LogP) is 4.38. The Morgan fingerprint density at radius 1 is 0.846 bits per heavy atom. The molecule has 0 aromatic heterocycles. The normalized spacial score (nSPS) is 17.6. The minimum absolute atomic E-state index is 0.174. The fourth-order valence-corrected chi connectivity index (χ4v) is 5.69. The fourth-order valence-electron chi connectivity index (χ4n) is 3.60. The van der Waals surface area contributed by atoms with E-state index in [1.54, 1.807) is 4.31 Å². The van der Waals surface area contributed by atoms with Crippen molar-refractivity contribution in [3.63, 3.8) is 0 Å². The minimum atomic E-state index is -3.48. The summed E-state index contributed by atoms with van der Waals surface area (Å²) < 4.78 is 28.9. The maximum absolute atomic E-state index is 13.6. The molecule has 0 atom stereocenters. The van der Waals surface area contributed by atoms with Gasteiger partial charge >= 0.3 is 0 Å². The summed E-state index contributed by atoms with van der Waals surface area (Å²) in [5.74, 6) is 0.732. The molecule has 1 aromatic carbocycles. The van der Waals surface area contributed by atoms with Crippen molar-refractivity contribution >= 4 is 10.0 Å². The van der Waals surface area contributed by atoms with Crippen LogP contribution in [0.15, 0.2) is 17.0 Å². The van der Waals surface area contributed by atoms with Crippen molar-refractivity contribution < 1.29 is 8.42 Å². The summed E-state index contributed by atoms with van der Waals surface area (Å²) in [6.45, 7) is 18.6. The molecular formula is C21H36N2O2S. The smallest absolute Gasteiger partial charge is 0.243 e. The van der Waals surface area contributed by atoms with Crippen molar-refractivity contribution in [3.8, 4) is 0 Å². The highest BCUT2D eigenvalue weighted by molar-refractivity contribution is 7.89. The molecule has 2 rings (SSSR count). The van der Waals surface area contributed by atoms with E-state index >= 15 is 0 Å². The van der Waals surface area contributed by atoms with Gasteiger partial charge in [-0.2, -0.15) is 4.31 Å². The van der Waals surface area contributed by atoms with E-state index in [1.165, 1.54) is 5.56 Å². The van der Waals surface area contributed by atoms with Gasteiger partial charge in [-0.15, -0.1) is 0 Å². The van der Waals surface area contributed by atoms with Gasteiger partial charge in [0, 0.05) is 26.2 Å². The van der Waals surface area contributed by atoms with Gasteiger partial charge in [0.15, 0.2) is 0 Å². The maximum atomic E-state index is 13.6. The number of hydrogen-bond acceptors (Lipinski definition) is 3. The van der Waals surface area contributed by atoms with Crippen molar-refractivity contribution in [2.24, 2.45) is 0 Å². The van der Waals surface area contributed by atoms with Gasteiger partial charge in [-0.25, -0.2) is 8.42 Å². The molecule has 0 radical (unpaired) electrons. The standard InChI is InChI=1S/C21H36N2O2S/c1-8-22-9-11-23(12-10-22)26(24,25)21-19(16(4)5)13-18(15(2)3)14-20(21)17(6)7/h13-17H,8-12H2,1-7H3. The lowest BCUT2D eigenvalue weighted by Gasteiger charge is -2.35. The van der Waals surface area contributed by atoms with Crippen LogP contribution in [0, 0.1) is 0 Å². The first-order chi connectivity index (χ1) is 12.1. The summed E-state index contributed by atoms with van der Waals surface area (Å²) in [7, 11) is -3.48. The molecule has 0 N–H and O–H groups in total.